The average Bonchev–Trinajstić information content (AvgIpc) is 3.47. The van der Waals surface area contributed by atoms with Gasteiger partial charge in [0.2, 0.25) is 0 Å². The second-order valence-electron chi connectivity index (χ2n) is 20.5. The number of unbranched alkanes of at least 4 members (excludes halogenated alkanes) is 16. The normalized spacial score (nSPS) is 13.4. The zero-order valence-corrected chi connectivity index (χ0v) is 51.7. The molecular weight excluding hydrogens is 997 g/mol. The van der Waals surface area contributed by atoms with Crippen molar-refractivity contribution in [2.75, 3.05) is 13.2 Å². The first-order valence-corrected chi connectivity index (χ1v) is 32.3. The van der Waals surface area contributed by atoms with Crippen molar-refractivity contribution in [2.24, 2.45) is 0 Å². The van der Waals surface area contributed by atoms with Crippen LogP contribution < -0.4 is 0 Å². The molecule has 0 aliphatic rings. The lowest BCUT2D eigenvalue weighted by molar-refractivity contribution is -0.166. The highest BCUT2D eigenvalue weighted by atomic mass is 16.6. The zero-order chi connectivity index (χ0) is 58.5. The lowest BCUT2D eigenvalue weighted by atomic mass is 10.0. The number of carbonyl (C=O) groups is 3. The van der Waals surface area contributed by atoms with E-state index in [1.54, 1.807) is 6.08 Å². The third kappa shape index (κ3) is 65.2. The number of rotatable bonds is 56. The Labute approximate surface area is 497 Å². The Morgan fingerprint density at radius 3 is 0.852 bits per heavy atom. The van der Waals surface area contributed by atoms with Crippen molar-refractivity contribution in [1.29, 1.82) is 0 Å². The van der Waals surface area contributed by atoms with Gasteiger partial charge in [0.1, 0.15) is 13.2 Å². The molecule has 0 bridgehead atoms. The van der Waals surface area contributed by atoms with Crippen LogP contribution in [-0.2, 0) is 28.6 Å². The van der Waals surface area contributed by atoms with Gasteiger partial charge in [-0.05, 0) is 122 Å². The molecule has 0 amide bonds. The number of esters is 3. The SMILES string of the molecule is CC/C=C\C/C=C\C/C=C\C/C=C\C/C=C\C/C=C\CCC(=O)OC(COC(=O)C/C=C\C/C=C\C/C=C\C/C=C\C/C=C\CC)COC(=O)CCCCCCCCCCCCCCCCCC/C=C\C/C=C\C/C=C\C/C=C\CC. The van der Waals surface area contributed by atoms with E-state index in [1.807, 2.05) is 18.2 Å². The van der Waals surface area contributed by atoms with Crippen LogP contribution in [0.5, 0.6) is 0 Å². The van der Waals surface area contributed by atoms with E-state index < -0.39 is 18.0 Å². The minimum atomic E-state index is -0.869. The van der Waals surface area contributed by atoms with Crippen LogP contribution in [0.1, 0.15) is 252 Å². The Morgan fingerprint density at radius 2 is 0.519 bits per heavy atom. The summed E-state index contributed by atoms with van der Waals surface area (Å²) in [5.41, 5.74) is 0. The molecule has 6 nitrogen and oxygen atoms in total. The molecule has 0 aromatic rings. The highest BCUT2D eigenvalue weighted by Gasteiger charge is 2.19. The van der Waals surface area contributed by atoms with Crippen molar-refractivity contribution in [3.63, 3.8) is 0 Å². The number of ether oxygens (including phenoxy) is 3. The van der Waals surface area contributed by atoms with E-state index >= 15 is 0 Å². The molecule has 0 radical (unpaired) electrons. The van der Waals surface area contributed by atoms with E-state index in [9.17, 15) is 14.4 Å². The second kappa shape index (κ2) is 67.0. The predicted octanol–water partition coefficient (Wildman–Crippen LogP) is 22.4. The minimum Gasteiger partial charge on any atom is -0.462 e. The van der Waals surface area contributed by atoms with E-state index in [0.717, 1.165) is 109 Å². The third-order valence-corrected chi connectivity index (χ3v) is 12.9. The summed E-state index contributed by atoms with van der Waals surface area (Å²) in [5, 5.41) is 0. The van der Waals surface area contributed by atoms with Crippen LogP contribution in [0.2, 0.25) is 0 Å². The van der Waals surface area contributed by atoms with Gasteiger partial charge in [-0.25, -0.2) is 0 Å². The Hall–Kier alpha value is -5.49. The topological polar surface area (TPSA) is 78.9 Å². The van der Waals surface area contributed by atoms with Crippen LogP contribution >= 0.6 is 0 Å². The van der Waals surface area contributed by atoms with Crippen LogP contribution in [0.25, 0.3) is 0 Å². The molecule has 6 heteroatoms. The van der Waals surface area contributed by atoms with Gasteiger partial charge in [-0.1, -0.05) is 293 Å². The van der Waals surface area contributed by atoms with Gasteiger partial charge in [0.25, 0.3) is 0 Å². The molecule has 0 heterocycles. The summed E-state index contributed by atoms with van der Waals surface area (Å²) in [5.74, 6) is -1.17. The van der Waals surface area contributed by atoms with Gasteiger partial charge in [-0.2, -0.15) is 0 Å². The first-order chi connectivity index (χ1) is 40.0. The molecule has 0 aliphatic heterocycles. The average molecular weight is 1110 g/mol. The monoisotopic (exact) mass is 1110 g/mol. The Morgan fingerprint density at radius 1 is 0.259 bits per heavy atom. The van der Waals surface area contributed by atoms with Crippen molar-refractivity contribution < 1.29 is 28.6 Å². The largest absolute Gasteiger partial charge is 0.462 e. The third-order valence-electron chi connectivity index (χ3n) is 12.9. The van der Waals surface area contributed by atoms with Crippen molar-refractivity contribution in [3.8, 4) is 0 Å². The van der Waals surface area contributed by atoms with Gasteiger partial charge in [0.15, 0.2) is 6.10 Å². The first-order valence-electron chi connectivity index (χ1n) is 32.3. The molecule has 0 saturated carbocycles. The number of hydrogen-bond donors (Lipinski definition) is 0. The Kier molecular flexibility index (Phi) is 62.5. The maximum absolute atomic E-state index is 12.9. The number of allylic oxidation sites excluding steroid dienone is 29. The lowest BCUT2D eigenvalue weighted by Crippen LogP contribution is -2.30. The van der Waals surface area contributed by atoms with Crippen LogP contribution in [0.15, 0.2) is 182 Å². The quantitative estimate of drug-likeness (QED) is 0.0261. The van der Waals surface area contributed by atoms with E-state index in [2.05, 4.69) is 179 Å². The van der Waals surface area contributed by atoms with Gasteiger partial charge >= 0.3 is 17.9 Å². The van der Waals surface area contributed by atoms with Crippen LogP contribution in [-0.4, -0.2) is 37.2 Å². The lowest BCUT2D eigenvalue weighted by Gasteiger charge is -2.18. The molecule has 1 unspecified atom stereocenters. The number of carbonyl (C=O) groups excluding carboxylic acids is 3. The number of hydrogen-bond acceptors (Lipinski definition) is 6. The van der Waals surface area contributed by atoms with Crippen molar-refractivity contribution >= 4 is 17.9 Å². The van der Waals surface area contributed by atoms with Crippen LogP contribution in [0.4, 0.5) is 0 Å². The van der Waals surface area contributed by atoms with Crippen molar-refractivity contribution in [3.05, 3.63) is 182 Å². The second-order valence-corrected chi connectivity index (χ2v) is 20.5. The molecule has 0 aliphatic carbocycles. The summed E-state index contributed by atoms with van der Waals surface area (Å²) in [6.07, 6.45) is 101. The summed E-state index contributed by atoms with van der Waals surface area (Å²) >= 11 is 0. The maximum Gasteiger partial charge on any atom is 0.309 e. The van der Waals surface area contributed by atoms with E-state index in [-0.39, 0.29) is 32.0 Å². The van der Waals surface area contributed by atoms with E-state index in [0.29, 0.717) is 19.3 Å². The molecule has 0 fully saturated rings. The van der Waals surface area contributed by atoms with Gasteiger partial charge in [0, 0.05) is 12.8 Å². The van der Waals surface area contributed by atoms with Gasteiger partial charge in [0.05, 0.1) is 6.42 Å². The summed E-state index contributed by atoms with van der Waals surface area (Å²) in [7, 11) is 0. The molecule has 0 N–H and O–H groups in total. The highest BCUT2D eigenvalue weighted by Crippen LogP contribution is 2.15. The smallest absolute Gasteiger partial charge is 0.309 e. The first kappa shape index (κ1) is 75.5. The van der Waals surface area contributed by atoms with Gasteiger partial charge in [-0.15, -0.1) is 0 Å². The van der Waals surface area contributed by atoms with Crippen molar-refractivity contribution in [1.82, 2.24) is 0 Å². The molecule has 0 aromatic carbocycles. The molecule has 0 saturated heterocycles. The Bertz CT molecular complexity index is 1900. The molecule has 81 heavy (non-hydrogen) atoms. The highest BCUT2D eigenvalue weighted by molar-refractivity contribution is 5.72. The van der Waals surface area contributed by atoms with Gasteiger partial charge < -0.3 is 14.2 Å². The molecule has 452 valence electrons. The van der Waals surface area contributed by atoms with Crippen LogP contribution in [0, 0.1) is 0 Å². The molecule has 0 rings (SSSR count). The molecule has 1 atom stereocenters. The fourth-order valence-electron chi connectivity index (χ4n) is 8.24. The fraction of sp³-hybridized carbons (Fsp3) is 0.560. The van der Waals surface area contributed by atoms with Crippen LogP contribution in [0.3, 0.4) is 0 Å². The minimum absolute atomic E-state index is 0.103. The molecule has 0 aromatic heterocycles. The summed E-state index contributed by atoms with van der Waals surface area (Å²) in [4.78, 5) is 38.2. The molecular formula is C75H116O6. The van der Waals surface area contributed by atoms with E-state index in [4.69, 9.17) is 14.2 Å². The summed E-state index contributed by atoms with van der Waals surface area (Å²) in [6, 6.07) is 0. The van der Waals surface area contributed by atoms with Crippen molar-refractivity contribution in [2.45, 2.75) is 258 Å². The van der Waals surface area contributed by atoms with Gasteiger partial charge in [-0.3, -0.25) is 14.4 Å². The fourth-order valence-corrected chi connectivity index (χ4v) is 8.24. The summed E-state index contributed by atoms with van der Waals surface area (Å²) < 4.78 is 16.7. The maximum atomic E-state index is 12.9. The predicted molar refractivity (Wildman–Crippen MR) is 352 cm³/mol. The zero-order valence-electron chi connectivity index (χ0n) is 51.7. The van der Waals surface area contributed by atoms with E-state index in [1.165, 1.54) is 89.9 Å². The Balaban J connectivity index is 4.45. The molecule has 0 spiro atoms. The summed E-state index contributed by atoms with van der Waals surface area (Å²) in [6.45, 7) is 6.14. The standard InChI is InChI=1S/C75H116O6/c1-4-7-10-13-16-19-22-25-28-30-32-33-34-35-36-37-38-39-40-41-43-44-47-50-53-56-59-62-65-68-74(77)80-71-72(70-79-73(76)67-64-61-58-55-52-49-46-27-24-21-18-15-12-9-6-3)81-75(78)69-66-63-60-57-54-51-48-45-42-31-29-26-23-20-17-14-11-8-5-2/h7-12,16-21,25-29,32-33,42,45-46,51-52,54-55,60-61,63-64,72H,4-6,13-15,22-24,30-31,34-41,43-44,47-50,53,56-59,62,65-71H2,1-3H3/b10-7-,11-8-,12-9-,19-16-,20-17-,21-18-,28-25-,29-26-,33-32-,45-42-,46-27-,54-51-,55-52-,63-60-,64-61-.